The minimum atomic E-state index is -0.116. The number of para-hydroxylation sites is 2. The van der Waals surface area contributed by atoms with E-state index in [0.717, 1.165) is 14.8 Å². The first kappa shape index (κ1) is 18.4. The van der Waals surface area contributed by atoms with E-state index in [2.05, 4.69) is 22.6 Å². The summed E-state index contributed by atoms with van der Waals surface area (Å²) in [6.45, 7) is 1.97. The summed E-state index contributed by atoms with van der Waals surface area (Å²) in [5, 5.41) is 10.6. The molecule has 28 heavy (non-hydrogen) atoms. The Morgan fingerprint density at radius 3 is 2.54 bits per heavy atom. The molecule has 0 saturated heterocycles. The number of aromatic hydroxyl groups is 1. The van der Waals surface area contributed by atoms with Gasteiger partial charge in [0, 0.05) is 9.13 Å². The molecule has 138 valence electrons. The third-order valence-electron chi connectivity index (χ3n) is 4.56. The highest BCUT2D eigenvalue weighted by Crippen LogP contribution is 2.21. The van der Waals surface area contributed by atoms with Crippen molar-refractivity contribution >= 4 is 45.6 Å². The van der Waals surface area contributed by atoms with Gasteiger partial charge >= 0.3 is 0 Å². The van der Waals surface area contributed by atoms with Crippen LogP contribution in [0.25, 0.3) is 28.7 Å². The summed E-state index contributed by atoms with van der Waals surface area (Å²) < 4.78 is 2.61. The van der Waals surface area contributed by atoms with Crippen molar-refractivity contribution in [3.8, 4) is 11.4 Å². The summed E-state index contributed by atoms with van der Waals surface area (Å²) in [4.78, 5) is 18.1. The molecule has 0 atom stereocenters. The molecule has 0 unspecified atom stereocenters. The molecule has 0 aliphatic heterocycles. The third kappa shape index (κ3) is 3.45. The van der Waals surface area contributed by atoms with Gasteiger partial charge in [-0.2, -0.15) is 0 Å². The Balaban J connectivity index is 2.00. The molecule has 0 aliphatic carbocycles. The number of rotatable bonds is 3. The number of nitrogens with zero attached hydrogens (tertiary/aromatic N) is 2. The Morgan fingerprint density at radius 1 is 1.00 bits per heavy atom. The first-order valence-corrected chi connectivity index (χ1v) is 9.87. The lowest BCUT2D eigenvalue weighted by molar-refractivity contribution is 0.474. The Labute approximate surface area is 175 Å². The van der Waals surface area contributed by atoms with Gasteiger partial charge in [-0.3, -0.25) is 9.36 Å². The number of phenolic OH excluding ortho intramolecular Hbond substituents is 1. The van der Waals surface area contributed by atoms with E-state index in [0.29, 0.717) is 22.3 Å². The standard InChI is InChI=1S/C23H17IN2O2/c1-15-6-2-4-8-20(15)26-22(13-10-16-7-3-5-9-21(16)27)25-19-12-11-17(24)14-18(19)23(26)28/h2-14,27H,1H3/b13-10+. The summed E-state index contributed by atoms with van der Waals surface area (Å²) in [6.07, 6.45) is 3.53. The minimum Gasteiger partial charge on any atom is -0.507 e. The van der Waals surface area contributed by atoms with Crippen molar-refractivity contribution in [2.75, 3.05) is 0 Å². The van der Waals surface area contributed by atoms with Crippen LogP contribution in [0.15, 0.2) is 71.5 Å². The van der Waals surface area contributed by atoms with Crippen molar-refractivity contribution in [3.05, 3.63) is 97.6 Å². The van der Waals surface area contributed by atoms with E-state index in [1.165, 1.54) is 0 Å². The van der Waals surface area contributed by atoms with Gasteiger partial charge in [-0.05, 0) is 77.6 Å². The van der Waals surface area contributed by atoms with Gasteiger partial charge in [0.05, 0.1) is 16.6 Å². The smallest absolute Gasteiger partial charge is 0.266 e. The molecule has 0 radical (unpaired) electrons. The monoisotopic (exact) mass is 480 g/mol. The number of aryl methyl sites for hydroxylation is 1. The number of hydrogen-bond donors (Lipinski definition) is 1. The molecule has 3 aromatic carbocycles. The highest BCUT2D eigenvalue weighted by molar-refractivity contribution is 14.1. The van der Waals surface area contributed by atoms with Crippen molar-refractivity contribution in [3.63, 3.8) is 0 Å². The normalized spacial score (nSPS) is 11.4. The summed E-state index contributed by atoms with van der Waals surface area (Å²) >= 11 is 2.20. The number of aromatic nitrogens is 2. The van der Waals surface area contributed by atoms with E-state index < -0.39 is 0 Å². The summed E-state index contributed by atoms with van der Waals surface area (Å²) in [6, 6.07) is 20.4. The number of phenols is 1. The van der Waals surface area contributed by atoms with Crippen LogP contribution in [0.2, 0.25) is 0 Å². The summed E-state index contributed by atoms with van der Waals surface area (Å²) in [5.74, 6) is 0.690. The second kappa shape index (κ2) is 7.59. The number of benzene rings is 3. The fourth-order valence-corrected chi connectivity index (χ4v) is 3.62. The van der Waals surface area contributed by atoms with E-state index in [4.69, 9.17) is 4.98 Å². The first-order valence-electron chi connectivity index (χ1n) is 8.79. The van der Waals surface area contributed by atoms with Crippen LogP contribution in [0.4, 0.5) is 0 Å². The van der Waals surface area contributed by atoms with Crippen LogP contribution in [0.1, 0.15) is 17.0 Å². The predicted molar refractivity (Wildman–Crippen MR) is 122 cm³/mol. The van der Waals surface area contributed by atoms with Gasteiger partial charge in [-0.1, -0.05) is 36.4 Å². The highest BCUT2D eigenvalue weighted by atomic mass is 127. The molecule has 4 nitrogen and oxygen atoms in total. The van der Waals surface area contributed by atoms with Gasteiger partial charge in [0.1, 0.15) is 11.6 Å². The second-order valence-corrected chi connectivity index (χ2v) is 7.70. The number of hydrogen-bond acceptors (Lipinski definition) is 3. The Kier molecular flexibility index (Phi) is 5.00. The molecule has 4 aromatic rings. The molecular weight excluding hydrogens is 463 g/mol. The molecule has 1 aromatic heterocycles. The fraction of sp³-hybridized carbons (Fsp3) is 0.0435. The lowest BCUT2D eigenvalue weighted by atomic mass is 10.1. The van der Waals surface area contributed by atoms with E-state index >= 15 is 0 Å². The van der Waals surface area contributed by atoms with Crippen molar-refractivity contribution in [2.24, 2.45) is 0 Å². The molecule has 1 heterocycles. The fourth-order valence-electron chi connectivity index (χ4n) is 3.13. The van der Waals surface area contributed by atoms with E-state index in [1.807, 2.05) is 61.5 Å². The van der Waals surface area contributed by atoms with Crippen LogP contribution >= 0.6 is 22.6 Å². The summed E-state index contributed by atoms with van der Waals surface area (Å²) in [7, 11) is 0. The SMILES string of the molecule is Cc1ccccc1-n1c(/C=C/c2ccccc2O)nc2ccc(I)cc2c1=O. The Bertz CT molecular complexity index is 1280. The van der Waals surface area contributed by atoms with E-state index in [9.17, 15) is 9.90 Å². The average molecular weight is 480 g/mol. The van der Waals surface area contributed by atoms with Gasteiger partial charge in [0.25, 0.3) is 5.56 Å². The van der Waals surface area contributed by atoms with Crippen molar-refractivity contribution < 1.29 is 5.11 Å². The van der Waals surface area contributed by atoms with Gasteiger partial charge in [-0.15, -0.1) is 0 Å². The predicted octanol–water partition coefficient (Wildman–Crippen LogP) is 5.17. The van der Waals surface area contributed by atoms with Gasteiger partial charge in [0.2, 0.25) is 0 Å². The molecule has 0 amide bonds. The highest BCUT2D eigenvalue weighted by Gasteiger charge is 2.13. The van der Waals surface area contributed by atoms with Crippen LogP contribution in [0, 0.1) is 10.5 Å². The van der Waals surface area contributed by atoms with Crippen LogP contribution in [0.5, 0.6) is 5.75 Å². The van der Waals surface area contributed by atoms with Crippen molar-refractivity contribution in [1.82, 2.24) is 9.55 Å². The van der Waals surface area contributed by atoms with E-state index in [1.54, 1.807) is 28.9 Å². The van der Waals surface area contributed by atoms with Crippen LogP contribution in [-0.4, -0.2) is 14.7 Å². The maximum atomic E-state index is 13.4. The molecule has 0 spiro atoms. The van der Waals surface area contributed by atoms with Gasteiger partial charge < -0.3 is 5.11 Å². The number of fused-ring (bicyclic) bond motifs is 1. The number of halogens is 1. The molecule has 5 heteroatoms. The minimum absolute atomic E-state index is 0.116. The Hall–Kier alpha value is -2.93. The lowest BCUT2D eigenvalue weighted by Crippen LogP contribution is -2.23. The van der Waals surface area contributed by atoms with Crippen LogP contribution < -0.4 is 5.56 Å². The largest absolute Gasteiger partial charge is 0.507 e. The maximum Gasteiger partial charge on any atom is 0.266 e. The van der Waals surface area contributed by atoms with Gasteiger partial charge in [-0.25, -0.2) is 4.98 Å². The molecule has 0 saturated carbocycles. The van der Waals surface area contributed by atoms with Crippen LogP contribution in [-0.2, 0) is 0 Å². The average Bonchev–Trinajstić information content (AvgIpc) is 2.69. The molecular formula is C23H17IN2O2. The summed E-state index contributed by atoms with van der Waals surface area (Å²) in [5.41, 5.74) is 2.96. The third-order valence-corrected chi connectivity index (χ3v) is 5.23. The molecule has 0 bridgehead atoms. The Morgan fingerprint density at radius 2 is 1.75 bits per heavy atom. The first-order chi connectivity index (χ1) is 13.5. The molecule has 1 N–H and O–H groups in total. The van der Waals surface area contributed by atoms with Gasteiger partial charge in [0.15, 0.2) is 0 Å². The molecule has 0 aliphatic rings. The second-order valence-electron chi connectivity index (χ2n) is 6.45. The quantitative estimate of drug-likeness (QED) is 0.412. The topological polar surface area (TPSA) is 55.1 Å². The zero-order valence-corrected chi connectivity index (χ0v) is 17.3. The van der Waals surface area contributed by atoms with Crippen molar-refractivity contribution in [2.45, 2.75) is 6.92 Å². The molecule has 0 fully saturated rings. The van der Waals surface area contributed by atoms with Crippen LogP contribution in [0.3, 0.4) is 0 Å². The lowest BCUT2D eigenvalue weighted by Gasteiger charge is -2.14. The molecule has 4 rings (SSSR count). The van der Waals surface area contributed by atoms with E-state index in [-0.39, 0.29) is 11.3 Å². The zero-order valence-electron chi connectivity index (χ0n) is 15.1. The maximum absolute atomic E-state index is 13.4. The van der Waals surface area contributed by atoms with Crippen molar-refractivity contribution in [1.29, 1.82) is 0 Å². The zero-order chi connectivity index (χ0) is 19.7.